The minimum atomic E-state index is -0.0854. The molecule has 0 atom stereocenters. The van der Waals surface area contributed by atoms with Crippen LogP contribution in [0, 0.1) is 0 Å². The van der Waals surface area contributed by atoms with Crippen LogP contribution in [0.15, 0.2) is 23.9 Å². The van der Waals surface area contributed by atoms with Gasteiger partial charge in [0.25, 0.3) is 0 Å². The van der Waals surface area contributed by atoms with E-state index in [2.05, 4.69) is 0 Å². The molecule has 1 rings (SSSR count). The van der Waals surface area contributed by atoms with Crippen LogP contribution < -0.4 is 5.48 Å². The fraction of sp³-hybridized carbons (Fsp3) is 0.167. The molecule has 9 heavy (non-hydrogen) atoms. The molecular weight excluding hydrogens is 118 g/mol. The minimum Gasteiger partial charge on any atom is -0.291 e. The van der Waals surface area contributed by atoms with E-state index in [9.17, 15) is 4.79 Å². The van der Waals surface area contributed by atoms with Gasteiger partial charge in [-0.25, -0.2) is 0 Å². The van der Waals surface area contributed by atoms with Gasteiger partial charge in [-0.15, -0.1) is 0 Å². The minimum absolute atomic E-state index is 0.0854. The average molecular weight is 125 g/mol. The first-order chi connectivity index (χ1) is 4.33. The Morgan fingerprint density at radius 1 is 1.67 bits per heavy atom. The van der Waals surface area contributed by atoms with Gasteiger partial charge in [-0.3, -0.25) is 15.5 Å². The number of hydroxylamine groups is 1. The molecule has 3 heteroatoms. The summed E-state index contributed by atoms with van der Waals surface area (Å²) in [5.41, 5.74) is 2.47. The van der Waals surface area contributed by atoms with Gasteiger partial charge < -0.3 is 0 Å². The highest BCUT2D eigenvalue weighted by Gasteiger charge is 2.00. The van der Waals surface area contributed by atoms with Crippen molar-refractivity contribution < 1.29 is 10.0 Å². The molecule has 0 unspecified atom stereocenters. The molecule has 0 saturated carbocycles. The maximum atomic E-state index is 10.5. The summed E-state index contributed by atoms with van der Waals surface area (Å²) in [5, 5.41) is 8.30. The molecule has 0 aliphatic heterocycles. The van der Waals surface area contributed by atoms with E-state index >= 15 is 0 Å². The first-order valence-electron chi connectivity index (χ1n) is 2.64. The van der Waals surface area contributed by atoms with Gasteiger partial charge in [0.2, 0.25) is 0 Å². The molecule has 48 valence electrons. The van der Waals surface area contributed by atoms with E-state index in [0.717, 1.165) is 0 Å². The number of nitrogens with one attached hydrogen (secondary N) is 1. The summed E-state index contributed by atoms with van der Waals surface area (Å²) in [4.78, 5) is 10.5. The summed E-state index contributed by atoms with van der Waals surface area (Å²) in [6.45, 7) is 0. The number of allylic oxidation sites excluding steroid dienone is 3. The molecule has 0 aromatic carbocycles. The van der Waals surface area contributed by atoms with Gasteiger partial charge in [-0.1, -0.05) is 6.08 Å². The Morgan fingerprint density at radius 2 is 2.44 bits per heavy atom. The largest absolute Gasteiger partial charge is 0.291 e. The molecule has 0 heterocycles. The molecule has 0 radical (unpaired) electrons. The summed E-state index contributed by atoms with van der Waals surface area (Å²) in [6, 6.07) is 0. The fourth-order valence-electron chi connectivity index (χ4n) is 0.659. The van der Waals surface area contributed by atoms with E-state index in [4.69, 9.17) is 5.21 Å². The highest BCUT2D eigenvalue weighted by Crippen LogP contribution is 2.03. The summed E-state index contributed by atoms with van der Waals surface area (Å²) >= 11 is 0. The van der Waals surface area contributed by atoms with Crippen molar-refractivity contribution in [3.63, 3.8) is 0 Å². The van der Waals surface area contributed by atoms with Crippen molar-refractivity contribution in [2.75, 3.05) is 0 Å². The van der Waals surface area contributed by atoms with Crippen LogP contribution in [0.25, 0.3) is 0 Å². The topological polar surface area (TPSA) is 49.3 Å². The number of rotatable bonds is 1. The number of ketones is 1. The summed E-state index contributed by atoms with van der Waals surface area (Å²) in [6.07, 6.45) is 5.13. The molecule has 0 amide bonds. The molecule has 0 spiro atoms. The zero-order valence-electron chi connectivity index (χ0n) is 4.79. The van der Waals surface area contributed by atoms with Gasteiger partial charge in [0, 0.05) is 18.2 Å². The van der Waals surface area contributed by atoms with Gasteiger partial charge >= 0.3 is 0 Å². The average Bonchev–Trinajstić information content (AvgIpc) is 1.88. The van der Waals surface area contributed by atoms with Crippen LogP contribution in [-0.2, 0) is 4.79 Å². The first kappa shape index (κ1) is 6.04. The number of carbonyl (C=O) groups excluding carboxylic acids is 1. The van der Waals surface area contributed by atoms with E-state index < -0.39 is 0 Å². The first-order valence-corrected chi connectivity index (χ1v) is 2.64. The number of hydrogen-bond acceptors (Lipinski definition) is 3. The molecule has 1 aliphatic carbocycles. The normalized spacial score (nSPS) is 17.4. The third-order valence-corrected chi connectivity index (χ3v) is 1.08. The molecule has 1 aliphatic rings. The Morgan fingerprint density at radius 3 is 2.89 bits per heavy atom. The van der Waals surface area contributed by atoms with E-state index in [1.54, 1.807) is 6.08 Å². The summed E-state index contributed by atoms with van der Waals surface area (Å²) in [7, 11) is 0. The molecule has 3 nitrogen and oxygen atoms in total. The summed E-state index contributed by atoms with van der Waals surface area (Å²) < 4.78 is 0. The monoisotopic (exact) mass is 125 g/mol. The second-order valence-electron chi connectivity index (χ2n) is 1.79. The Labute approximate surface area is 52.6 Å². The summed E-state index contributed by atoms with van der Waals surface area (Å²) in [5.74, 6) is -0.0854. The van der Waals surface area contributed by atoms with Crippen molar-refractivity contribution in [1.82, 2.24) is 5.48 Å². The van der Waals surface area contributed by atoms with Crippen LogP contribution in [0.5, 0.6) is 0 Å². The Kier molecular flexibility index (Phi) is 1.65. The van der Waals surface area contributed by atoms with Crippen molar-refractivity contribution >= 4 is 5.78 Å². The fourth-order valence-corrected chi connectivity index (χ4v) is 0.659. The number of carbonyl (C=O) groups is 1. The maximum absolute atomic E-state index is 10.5. The lowest BCUT2D eigenvalue weighted by atomic mass is 10.1. The number of hydrogen-bond donors (Lipinski definition) is 2. The lowest BCUT2D eigenvalue weighted by molar-refractivity contribution is -0.110. The SMILES string of the molecule is O=C1C=CCC(NO)=C1. The van der Waals surface area contributed by atoms with Gasteiger partial charge in [0.05, 0.1) is 0 Å². The molecule has 2 N–H and O–H groups in total. The van der Waals surface area contributed by atoms with Gasteiger partial charge in [-0.05, 0) is 6.08 Å². The standard InChI is InChI=1S/C6H7NO2/c8-6-3-1-2-5(4-6)7-9/h1,3-4,7,9H,2H2. The lowest BCUT2D eigenvalue weighted by Crippen LogP contribution is -2.10. The second kappa shape index (κ2) is 2.46. The Bertz CT molecular complexity index is 181. The predicted molar refractivity (Wildman–Crippen MR) is 31.8 cm³/mol. The third kappa shape index (κ3) is 1.40. The Hall–Kier alpha value is -1.09. The highest BCUT2D eigenvalue weighted by molar-refractivity contribution is 6.00. The second-order valence-corrected chi connectivity index (χ2v) is 1.79. The quantitative estimate of drug-likeness (QED) is 0.498. The zero-order valence-corrected chi connectivity index (χ0v) is 4.79. The van der Waals surface area contributed by atoms with Crippen molar-refractivity contribution in [3.05, 3.63) is 23.9 Å². The molecule has 0 fully saturated rings. The van der Waals surface area contributed by atoms with Gasteiger partial charge in [-0.2, -0.15) is 0 Å². The third-order valence-electron chi connectivity index (χ3n) is 1.08. The van der Waals surface area contributed by atoms with Crippen LogP contribution in [0.1, 0.15) is 6.42 Å². The van der Waals surface area contributed by atoms with E-state index in [1.807, 2.05) is 5.48 Å². The molecule has 0 saturated heterocycles. The van der Waals surface area contributed by atoms with Gasteiger partial charge in [0.1, 0.15) is 0 Å². The van der Waals surface area contributed by atoms with Crippen LogP contribution in [0.4, 0.5) is 0 Å². The van der Waals surface area contributed by atoms with Crippen molar-refractivity contribution in [2.24, 2.45) is 0 Å². The molecule has 0 aromatic heterocycles. The van der Waals surface area contributed by atoms with E-state index in [1.165, 1.54) is 12.2 Å². The van der Waals surface area contributed by atoms with Crippen LogP contribution in [0.3, 0.4) is 0 Å². The predicted octanol–water partition coefficient (Wildman–Crippen LogP) is 0.378. The molecular formula is C6H7NO2. The molecule has 0 bridgehead atoms. The van der Waals surface area contributed by atoms with Crippen LogP contribution in [-0.4, -0.2) is 11.0 Å². The van der Waals surface area contributed by atoms with Crippen LogP contribution in [0.2, 0.25) is 0 Å². The van der Waals surface area contributed by atoms with Crippen molar-refractivity contribution in [3.8, 4) is 0 Å². The van der Waals surface area contributed by atoms with E-state index in [0.29, 0.717) is 12.1 Å². The van der Waals surface area contributed by atoms with Crippen LogP contribution >= 0.6 is 0 Å². The maximum Gasteiger partial charge on any atom is 0.180 e. The van der Waals surface area contributed by atoms with E-state index in [-0.39, 0.29) is 5.78 Å². The lowest BCUT2D eigenvalue weighted by Gasteiger charge is -2.03. The Balaban J connectivity index is 2.66. The highest BCUT2D eigenvalue weighted by atomic mass is 16.5. The zero-order chi connectivity index (χ0) is 6.69. The molecule has 0 aromatic rings. The van der Waals surface area contributed by atoms with Gasteiger partial charge in [0.15, 0.2) is 5.78 Å². The smallest absolute Gasteiger partial charge is 0.180 e. The van der Waals surface area contributed by atoms with Crippen molar-refractivity contribution in [2.45, 2.75) is 6.42 Å². The van der Waals surface area contributed by atoms with Crippen molar-refractivity contribution in [1.29, 1.82) is 0 Å².